The second-order valence-corrected chi connectivity index (χ2v) is 8.80. The number of aliphatic hydroxyl groups excluding tert-OH is 1. The summed E-state index contributed by atoms with van der Waals surface area (Å²) in [6.45, 7) is 7.40. The zero-order valence-electron chi connectivity index (χ0n) is 14.5. The summed E-state index contributed by atoms with van der Waals surface area (Å²) in [6.07, 6.45) is 4.48. The summed E-state index contributed by atoms with van der Waals surface area (Å²) < 4.78 is 5.82. The van der Waals surface area contributed by atoms with Gasteiger partial charge in [-0.3, -0.25) is 4.90 Å². The van der Waals surface area contributed by atoms with Crippen LogP contribution in [-0.4, -0.2) is 42.9 Å². The van der Waals surface area contributed by atoms with Gasteiger partial charge in [0, 0.05) is 18.0 Å². The van der Waals surface area contributed by atoms with E-state index in [1.54, 1.807) is 11.3 Å². The van der Waals surface area contributed by atoms with E-state index in [9.17, 15) is 5.11 Å². The zero-order chi connectivity index (χ0) is 16.4. The molecule has 0 aliphatic heterocycles. The number of thiophene rings is 1. The fourth-order valence-electron chi connectivity index (χ4n) is 4.10. The first-order chi connectivity index (χ1) is 11.0. The molecule has 0 amide bonds. The Labute approximate surface area is 144 Å². The third-order valence-electron chi connectivity index (χ3n) is 5.69. The summed E-state index contributed by atoms with van der Waals surface area (Å²) in [4.78, 5) is 3.48. The highest BCUT2D eigenvalue weighted by molar-refractivity contribution is 7.09. The van der Waals surface area contributed by atoms with Crippen LogP contribution in [0.1, 0.15) is 31.6 Å². The number of likely N-dealkylation sites (N-methyl/N-ethyl adjacent to an activating group) is 1. The topological polar surface area (TPSA) is 32.7 Å². The smallest absolute Gasteiger partial charge is 0.0900 e. The van der Waals surface area contributed by atoms with Crippen molar-refractivity contribution >= 4 is 11.3 Å². The molecule has 2 bridgehead atoms. The average molecular weight is 336 g/mol. The van der Waals surface area contributed by atoms with Crippen molar-refractivity contribution in [2.75, 3.05) is 26.8 Å². The Morgan fingerprint density at radius 1 is 1.48 bits per heavy atom. The van der Waals surface area contributed by atoms with Crippen LogP contribution in [0.3, 0.4) is 0 Å². The Kier molecular flexibility index (Phi) is 5.26. The molecule has 128 valence electrons. The van der Waals surface area contributed by atoms with Gasteiger partial charge < -0.3 is 9.84 Å². The van der Waals surface area contributed by atoms with Gasteiger partial charge in [-0.15, -0.1) is 11.3 Å². The first-order valence-electron chi connectivity index (χ1n) is 8.62. The molecule has 1 saturated carbocycles. The lowest BCUT2D eigenvalue weighted by atomic mass is 9.49. The highest BCUT2D eigenvalue weighted by Gasteiger charge is 2.50. The van der Waals surface area contributed by atoms with Gasteiger partial charge in [0.15, 0.2) is 0 Å². The van der Waals surface area contributed by atoms with Gasteiger partial charge in [0.25, 0.3) is 0 Å². The second kappa shape index (κ2) is 7.06. The van der Waals surface area contributed by atoms with Crippen molar-refractivity contribution < 1.29 is 9.84 Å². The summed E-state index contributed by atoms with van der Waals surface area (Å²) >= 11 is 1.76. The van der Waals surface area contributed by atoms with Gasteiger partial charge in [0.05, 0.1) is 19.3 Å². The first-order valence-corrected chi connectivity index (χ1v) is 9.50. The summed E-state index contributed by atoms with van der Waals surface area (Å²) in [5.41, 5.74) is 1.91. The number of aliphatic hydroxyl groups is 1. The van der Waals surface area contributed by atoms with E-state index in [1.165, 1.54) is 23.3 Å². The molecular weight excluding hydrogens is 306 g/mol. The van der Waals surface area contributed by atoms with Gasteiger partial charge in [0.2, 0.25) is 0 Å². The van der Waals surface area contributed by atoms with Gasteiger partial charge in [-0.1, -0.05) is 26.0 Å². The van der Waals surface area contributed by atoms with E-state index in [-0.39, 0.29) is 0 Å². The SMILES string of the molecule is CN(Cc1cccs1)C[C@H](O)COCC1=CC[C@H]2C[C@H]1C2(C)C. The van der Waals surface area contributed by atoms with E-state index in [0.29, 0.717) is 31.1 Å². The lowest BCUT2D eigenvalue weighted by Crippen LogP contribution is -2.48. The number of nitrogens with zero attached hydrogens (tertiary/aromatic N) is 1. The number of hydrogen-bond donors (Lipinski definition) is 1. The molecule has 4 heteroatoms. The van der Waals surface area contributed by atoms with E-state index in [4.69, 9.17) is 4.74 Å². The summed E-state index contributed by atoms with van der Waals surface area (Å²) in [5.74, 6) is 1.56. The number of allylic oxidation sites excluding steroid dienone is 1. The molecule has 1 aromatic heterocycles. The highest BCUT2D eigenvalue weighted by Crippen LogP contribution is 2.59. The molecule has 1 fully saturated rings. The Hall–Kier alpha value is -0.680. The van der Waals surface area contributed by atoms with Crippen molar-refractivity contribution in [1.82, 2.24) is 4.90 Å². The number of hydrogen-bond acceptors (Lipinski definition) is 4. The number of ether oxygens (including phenoxy) is 1. The van der Waals surface area contributed by atoms with Crippen molar-refractivity contribution in [2.45, 2.75) is 39.3 Å². The first kappa shape index (κ1) is 17.2. The van der Waals surface area contributed by atoms with Gasteiger partial charge in [-0.25, -0.2) is 0 Å². The number of fused-ring (bicyclic) bond motifs is 1. The van der Waals surface area contributed by atoms with Crippen LogP contribution in [0.5, 0.6) is 0 Å². The summed E-state index contributed by atoms with van der Waals surface area (Å²) in [5, 5.41) is 12.3. The molecule has 3 aliphatic rings. The summed E-state index contributed by atoms with van der Waals surface area (Å²) in [7, 11) is 2.05. The second-order valence-electron chi connectivity index (χ2n) is 7.77. The van der Waals surface area contributed by atoms with Crippen LogP contribution < -0.4 is 0 Å². The zero-order valence-corrected chi connectivity index (χ0v) is 15.3. The Balaban J connectivity index is 1.36. The van der Waals surface area contributed by atoms with Crippen LogP contribution in [0, 0.1) is 17.3 Å². The minimum absolute atomic E-state index is 0.419. The Morgan fingerprint density at radius 2 is 2.30 bits per heavy atom. The van der Waals surface area contributed by atoms with E-state index in [1.807, 2.05) is 7.05 Å². The van der Waals surface area contributed by atoms with Crippen LogP contribution >= 0.6 is 11.3 Å². The lowest BCUT2D eigenvalue weighted by Gasteiger charge is -2.56. The largest absolute Gasteiger partial charge is 0.389 e. The molecule has 3 atom stereocenters. The van der Waals surface area contributed by atoms with Crippen LogP contribution in [0.2, 0.25) is 0 Å². The van der Waals surface area contributed by atoms with E-state index in [2.05, 4.69) is 42.3 Å². The minimum atomic E-state index is -0.425. The van der Waals surface area contributed by atoms with Crippen molar-refractivity contribution in [3.8, 4) is 0 Å². The Morgan fingerprint density at radius 3 is 2.96 bits per heavy atom. The molecule has 1 N–H and O–H groups in total. The fourth-order valence-corrected chi connectivity index (χ4v) is 4.88. The van der Waals surface area contributed by atoms with Crippen LogP contribution in [0.25, 0.3) is 0 Å². The minimum Gasteiger partial charge on any atom is -0.389 e. The normalized spacial score (nSPS) is 26.7. The van der Waals surface area contributed by atoms with E-state index < -0.39 is 6.10 Å². The predicted octanol–water partition coefficient (Wildman–Crippen LogP) is 3.55. The maximum absolute atomic E-state index is 10.2. The van der Waals surface area contributed by atoms with Crippen molar-refractivity contribution in [3.05, 3.63) is 34.0 Å². The molecule has 3 aliphatic carbocycles. The maximum Gasteiger partial charge on any atom is 0.0900 e. The van der Waals surface area contributed by atoms with Crippen LogP contribution in [0.15, 0.2) is 29.2 Å². The maximum atomic E-state index is 10.2. The molecule has 3 nitrogen and oxygen atoms in total. The lowest BCUT2D eigenvalue weighted by molar-refractivity contribution is -0.0257. The third kappa shape index (κ3) is 3.87. The van der Waals surface area contributed by atoms with Crippen LogP contribution in [-0.2, 0) is 11.3 Å². The summed E-state index contributed by atoms with van der Waals surface area (Å²) in [6, 6.07) is 4.20. The number of rotatable bonds is 8. The van der Waals surface area contributed by atoms with Gasteiger partial charge in [-0.2, -0.15) is 0 Å². The molecule has 0 aromatic carbocycles. The monoisotopic (exact) mass is 335 g/mol. The van der Waals surface area contributed by atoms with Gasteiger partial charge in [0.1, 0.15) is 0 Å². The predicted molar refractivity (Wildman–Crippen MR) is 95.6 cm³/mol. The molecule has 0 saturated heterocycles. The fraction of sp³-hybridized carbons (Fsp3) is 0.684. The van der Waals surface area contributed by atoms with Gasteiger partial charge in [-0.05, 0) is 54.2 Å². The molecule has 23 heavy (non-hydrogen) atoms. The highest BCUT2D eigenvalue weighted by atomic mass is 32.1. The average Bonchev–Trinajstić information content (AvgIpc) is 2.99. The van der Waals surface area contributed by atoms with Crippen molar-refractivity contribution in [2.24, 2.45) is 17.3 Å². The van der Waals surface area contributed by atoms with Crippen molar-refractivity contribution in [3.63, 3.8) is 0 Å². The molecule has 4 rings (SSSR count). The quantitative estimate of drug-likeness (QED) is 0.738. The standard InChI is InChI=1S/C19H29NO2S/c1-19(2)15-7-6-14(18(19)9-15)12-22-13-16(21)10-20(3)11-17-5-4-8-23-17/h4-6,8,15-16,18,21H,7,9-13H2,1-3H3/t15-,16-,18+/m0/s1. The molecule has 1 aromatic rings. The van der Waals surface area contributed by atoms with E-state index in [0.717, 1.165) is 12.5 Å². The molecule has 0 spiro atoms. The molecular formula is C19H29NO2S. The Bertz CT molecular complexity index is 538. The van der Waals surface area contributed by atoms with Crippen LogP contribution in [0.4, 0.5) is 0 Å². The van der Waals surface area contributed by atoms with E-state index >= 15 is 0 Å². The molecule has 1 heterocycles. The third-order valence-corrected chi connectivity index (χ3v) is 6.55. The molecule has 0 radical (unpaired) electrons. The van der Waals surface area contributed by atoms with Crippen molar-refractivity contribution in [1.29, 1.82) is 0 Å². The van der Waals surface area contributed by atoms with Gasteiger partial charge >= 0.3 is 0 Å². The molecule has 0 unspecified atom stereocenters.